The van der Waals surface area contributed by atoms with Crippen LogP contribution < -0.4 is 32.1 Å². The van der Waals surface area contributed by atoms with E-state index in [-0.39, 0.29) is 35.3 Å². The van der Waals surface area contributed by atoms with Crippen molar-refractivity contribution in [1.29, 1.82) is 0 Å². The van der Waals surface area contributed by atoms with Gasteiger partial charge in [-0.25, -0.2) is 4.99 Å². The number of carbonyl (C=O) groups is 2. The summed E-state index contributed by atoms with van der Waals surface area (Å²) in [7, 11) is 0. The number of amidine groups is 1. The molecule has 5 rings (SSSR count). The number of aliphatic imine (C=N–C) groups is 1. The number of amides is 2. The molecule has 2 aromatic carbocycles. The van der Waals surface area contributed by atoms with Crippen molar-refractivity contribution in [1.82, 2.24) is 10.6 Å². The van der Waals surface area contributed by atoms with Gasteiger partial charge in [0.05, 0.1) is 5.92 Å². The molecule has 164 valence electrons. The number of anilines is 2. The third-order valence-corrected chi connectivity index (χ3v) is 7.30. The van der Waals surface area contributed by atoms with Gasteiger partial charge in [-0.05, 0) is 35.4 Å². The number of nitrogens with zero attached hydrogens (tertiary/aromatic N) is 2. The first-order chi connectivity index (χ1) is 15.3. The van der Waals surface area contributed by atoms with Crippen molar-refractivity contribution >= 4 is 40.8 Å². The topological polar surface area (TPSA) is 134 Å². The molecule has 3 aliphatic rings. The number of hydrogen-bond acceptors (Lipinski definition) is 8. The molecule has 0 spiro atoms. The zero-order chi connectivity index (χ0) is 22.6. The predicted octanol–water partition coefficient (Wildman–Crippen LogP) is 0.165. The lowest BCUT2D eigenvalue weighted by atomic mass is 9.96. The van der Waals surface area contributed by atoms with E-state index in [1.165, 1.54) is 11.8 Å². The van der Waals surface area contributed by atoms with Crippen molar-refractivity contribution in [3.8, 4) is 0 Å². The number of nitrogens with one attached hydrogen (secondary N) is 2. The van der Waals surface area contributed by atoms with Gasteiger partial charge in [0.2, 0.25) is 5.91 Å². The molecule has 0 saturated heterocycles. The Kier molecular flexibility index (Phi) is 4.89. The van der Waals surface area contributed by atoms with Gasteiger partial charge in [-0.2, -0.15) is 0 Å². The molecule has 0 radical (unpaired) electrons. The largest absolute Gasteiger partial charge is 0.394 e. The summed E-state index contributed by atoms with van der Waals surface area (Å²) in [5, 5.41) is 7.04. The molecule has 0 bridgehead atoms. The SMILES string of the molecule is CC1=CSC2N=C(C(=O)NCc3ccc4c(c3)CN(c3c(N)c(=O)c3=O)CC4)NC(=O)C12. The van der Waals surface area contributed by atoms with Crippen LogP contribution in [0.2, 0.25) is 0 Å². The van der Waals surface area contributed by atoms with E-state index in [1.54, 1.807) is 0 Å². The van der Waals surface area contributed by atoms with Gasteiger partial charge in [0.25, 0.3) is 16.8 Å². The van der Waals surface area contributed by atoms with Gasteiger partial charge >= 0.3 is 0 Å². The Labute approximate surface area is 187 Å². The number of rotatable bonds is 4. The van der Waals surface area contributed by atoms with Gasteiger partial charge < -0.3 is 21.3 Å². The number of fused-ring (bicyclic) bond motifs is 2. The summed E-state index contributed by atoms with van der Waals surface area (Å²) in [4.78, 5) is 54.5. The molecule has 3 aliphatic heterocycles. The summed E-state index contributed by atoms with van der Waals surface area (Å²) in [5.74, 6) is -0.924. The predicted molar refractivity (Wildman–Crippen MR) is 123 cm³/mol. The summed E-state index contributed by atoms with van der Waals surface area (Å²) < 4.78 is 0. The van der Waals surface area contributed by atoms with E-state index in [0.717, 1.165) is 28.7 Å². The van der Waals surface area contributed by atoms with E-state index in [0.29, 0.717) is 18.8 Å². The Hall–Kier alpha value is -3.40. The first kappa shape index (κ1) is 20.5. The van der Waals surface area contributed by atoms with E-state index in [1.807, 2.05) is 35.4 Å². The molecule has 2 unspecified atom stereocenters. The molecule has 0 saturated carbocycles. The fraction of sp³-hybridized carbons (Fsp3) is 0.318. The smallest absolute Gasteiger partial charge is 0.287 e. The molecular formula is C22H21N5O4S. The first-order valence-corrected chi connectivity index (χ1v) is 11.2. The summed E-state index contributed by atoms with van der Waals surface area (Å²) >= 11 is 1.45. The highest BCUT2D eigenvalue weighted by Gasteiger charge is 2.39. The van der Waals surface area contributed by atoms with E-state index in [4.69, 9.17) is 5.73 Å². The number of hydrogen-bond donors (Lipinski definition) is 3. The minimum Gasteiger partial charge on any atom is -0.394 e. The second-order valence-corrected chi connectivity index (χ2v) is 9.20. The maximum absolute atomic E-state index is 12.6. The first-order valence-electron chi connectivity index (χ1n) is 10.3. The molecule has 2 aromatic rings. The van der Waals surface area contributed by atoms with Crippen LogP contribution in [0.3, 0.4) is 0 Å². The van der Waals surface area contributed by atoms with Crippen molar-refractivity contribution in [3.63, 3.8) is 0 Å². The maximum Gasteiger partial charge on any atom is 0.287 e. The third-order valence-electron chi connectivity index (χ3n) is 6.14. The van der Waals surface area contributed by atoms with Crippen molar-refractivity contribution < 1.29 is 9.59 Å². The molecule has 9 nitrogen and oxygen atoms in total. The fourth-order valence-corrected chi connectivity index (χ4v) is 5.52. The van der Waals surface area contributed by atoms with Gasteiger partial charge in [0.15, 0.2) is 5.84 Å². The van der Waals surface area contributed by atoms with E-state index < -0.39 is 16.8 Å². The quantitative estimate of drug-likeness (QED) is 0.564. The van der Waals surface area contributed by atoms with Crippen molar-refractivity contribution in [2.75, 3.05) is 17.2 Å². The Morgan fingerprint density at radius 2 is 2.09 bits per heavy atom. The number of nitrogens with two attached hydrogens (primary N) is 1. The van der Waals surface area contributed by atoms with E-state index in [9.17, 15) is 19.2 Å². The molecule has 4 N–H and O–H groups in total. The normalized spacial score (nSPS) is 22.0. The lowest BCUT2D eigenvalue weighted by Gasteiger charge is -2.32. The van der Waals surface area contributed by atoms with Crippen LogP contribution in [0, 0.1) is 5.92 Å². The molecule has 2 amide bonds. The standard InChI is InChI=1S/C22H21N5O4S/c1-10-9-32-22-14(10)20(30)25-19(26-22)21(31)24-7-11-2-3-12-4-5-27(8-13(12)6-11)16-15(23)17(28)18(16)29/h2-3,6,9,14,22H,4-5,7-8,23H2,1H3,(H,24,31)(H,25,26,30). The highest BCUT2D eigenvalue weighted by molar-refractivity contribution is 8.03. The molecule has 2 atom stereocenters. The summed E-state index contributed by atoms with van der Waals surface area (Å²) in [5.41, 5.74) is 8.91. The zero-order valence-electron chi connectivity index (χ0n) is 17.3. The summed E-state index contributed by atoms with van der Waals surface area (Å²) in [6, 6.07) is 5.92. The molecular weight excluding hydrogens is 430 g/mol. The Morgan fingerprint density at radius 1 is 1.28 bits per heavy atom. The summed E-state index contributed by atoms with van der Waals surface area (Å²) in [6.45, 7) is 3.24. The van der Waals surface area contributed by atoms with E-state index in [2.05, 4.69) is 15.6 Å². The van der Waals surface area contributed by atoms with Gasteiger partial charge in [-0.15, -0.1) is 11.8 Å². The second kappa shape index (κ2) is 7.63. The van der Waals surface area contributed by atoms with Gasteiger partial charge in [-0.1, -0.05) is 23.8 Å². The second-order valence-electron chi connectivity index (χ2n) is 8.21. The molecule has 10 heteroatoms. The monoisotopic (exact) mass is 451 g/mol. The molecule has 0 fully saturated rings. The molecule has 3 heterocycles. The number of nitrogen functional groups attached to an aromatic ring is 1. The molecule has 0 aliphatic carbocycles. The van der Waals surface area contributed by atoms with Crippen LogP contribution in [0.15, 0.2) is 43.8 Å². The van der Waals surface area contributed by atoms with Crippen LogP contribution in [0.5, 0.6) is 0 Å². The third kappa shape index (κ3) is 3.31. The zero-order valence-corrected chi connectivity index (χ0v) is 18.1. The highest BCUT2D eigenvalue weighted by Crippen LogP contribution is 2.38. The van der Waals surface area contributed by atoms with Crippen LogP contribution in [0.4, 0.5) is 11.4 Å². The minimum atomic E-state index is -0.617. The average molecular weight is 452 g/mol. The van der Waals surface area contributed by atoms with Crippen LogP contribution >= 0.6 is 11.8 Å². The molecule has 0 aromatic heterocycles. The van der Waals surface area contributed by atoms with Crippen LogP contribution in [0.1, 0.15) is 23.6 Å². The Bertz CT molecular complexity index is 1290. The van der Waals surface area contributed by atoms with Crippen molar-refractivity contribution in [2.24, 2.45) is 10.9 Å². The van der Waals surface area contributed by atoms with E-state index >= 15 is 0 Å². The number of benzene rings is 1. The van der Waals surface area contributed by atoms with Gasteiger partial charge in [0.1, 0.15) is 16.7 Å². The van der Waals surface area contributed by atoms with Crippen LogP contribution in [-0.4, -0.2) is 29.6 Å². The lowest BCUT2D eigenvalue weighted by molar-refractivity contribution is -0.124. The molecule has 32 heavy (non-hydrogen) atoms. The maximum atomic E-state index is 12.6. The fourth-order valence-electron chi connectivity index (χ4n) is 4.35. The minimum absolute atomic E-state index is 0.0326. The van der Waals surface area contributed by atoms with Crippen molar-refractivity contribution in [2.45, 2.75) is 31.8 Å². The van der Waals surface area contributed by atoms with Crippen molar-refractivity contribution in [3.05, 3.63) is 66.3 Å². The highest BCUT2D eigenvalue weighted by atomic mass is 32.2. The van der Waals surface area contributed by atoms with Gasteiger partial charge in [-0.3, -0.25) is 19.2 Å². The lowest BCUT2D eigenvalue weighted by Crippen LogP contribution is -2.50. The van der Waals surface area contributed by atoms with Crippen LogP contribution in [0.25, 0.3) is 0 Å². The Morgan fingerprint density at radius 3 is 2.88 bits per heavy atom. The Balaban J connectivity index is 1.26. The van der Waals surface area contributed by atoms with Gasteiger partial charge in [0, 0.05) is 19.6 Å². The van der Waals surface area contributed by atoms with Crippen LogP contribution in [-0.2, 0) is 29.1 Å². The average Bonchev–Trinajstić information content (AvgIpc) is 3.18. The number of carbonyl (C=O) groups excluding carboxylic acids is 2. The summed E-state index contributed by atoms with van der Waals surface area (Å²) in [6.07, 6.45) is 0.733. The number of thioether (sulfide) groups is 1.